The van der Waals surface area contributed by atoms with Crippen LogP contribution in [-0.2, 0) is 10.3 Å². The third kappa shape index (κ3) is 1.46. The van der Waals surface area contributed by atoms with Crippen molar-refractivity contribution in [1.29, 1.82) is 0 Å². The highest BCUT2D eigenvalue weighted by Gasteiger charge is 2.46. The van der Waals surface area contributed by atoms with Crippen LogP contribution in [-0.4, -0.2) is 11.1 Å². The van der Waals surface area contributed by atoms with E-state index in [-0.39, 0.29) is 5.54 Å². The van der Waals surface area contributed by atoms with Crippen LogP contribution < -0.4 is 0 Å². The van der Waals surface area contributed by atoms with Gasteiger partial charge in [-0.1, -0.05) is 12.1 Å². The number of para-hydroxylation sites is 1. The van der Waals surface area contributed by atoms with Crippen molar-refractivity contribution in [2.45, 2.75) is 37.1 Å². The molecule has 0 amide bonds. The topological polar surface area (TPSA) is 42.3 Å². The number of aromatic nitrogens is 1. The monoisotopic (exact) mass is 256 g/mol. The standard InChI is InChI=1S/C14H12N2OS/c17-8-15-14(6-7-14)10-2-1-3-11-12(10)16-13(18-11)9-4-5-9/h1-3,9H,4-7H2. The number of benzene rings is 1. The Bertz CT molecular complexity index is 676. The Morgan fingerprint density at radius 1 is 1.39 bits per heavy atom. The molecule has 0 spiro atoms. The summed E-state index contributed by atoms with van der Waals surface area (Å²) in [6.07, 6.45) is 6.15. The first-order chi connectivity index (χ1) is 8.82. The quantitative estimate of drug-likeness (QED) is 0.623. The van der Waals surface area contributed by atoms with Gasteiger partial charge in [-0.05, 0) is 31.7 Å². The van der Waals surface area contributed by atoms with Gasteiger partial charge >= 0.3 is 0 Å². The van der Waals surface area contributed by atoms with Crippen molar-refractivity contribution in [3.8, 4) is 0 Å². The van der Waals surface area contributed by atoms with E-state index in [9.17, 15) is 4.79 Å². The normalized spacial score (nSPS) is 20.7. The number of isocyanates is 1. The maximum absolute atomic E-state index is 10.6. The summed E-state index contributed by atoms with van der Waals surface area (Å²) in [5, 5.41) is 1.25. The number of rotatable bonds is 3. The summed E-state index contributed by atoms with van der Waals surface area (Å²) in [4.78, 5) is 19.4. The second-order valence-electron chi connectivity index (χ2n) is 5.21. The SMILES string of the molecule is O=C=NC1(c2cccc3sc(C4CC4)nc23)CC1. The smallest absolute Gasteiger partial charge is 0.235 e. The van der Waals surface area contributed by atoms with Gasteiger partial charge in [0.15, 0.2) is 0 Å². The van der Waals surface area contributed by atoms with E-state index in [1.165, 1.54) is 22.5 Å². The fraction of sp³-hybridized carbons (Fsp3) is 0.429. The highest BCUT2D eigenvalue weighted by Crippen LogP contribution is 2.52. The zero-order valence-electron chi connectivity index (χ0n) is 9.85. The molecule has 1 aromatic carbocycles. The van der Waals surface area contributed by atoms with Crippen molar-refractivity contribution in [1.82, 2.24) is 4.98 Å². The molecule has 0 aliphatic heterocycles. The third-order valence-electron chi connectivity index (χ3n) is 3.85. The van der Waals surface area contributed by atoms with Gasteiger partial charge in [-0.25, -0.2) is 9.78 Å². The van der Waals surface area contributed by atoms with Gasteiger partial charge in [0.05, 0.1) is 15.2 Å². The van der Waals surface area contributed by atoms with Crippen molar-refractivity contribution in [3.63, 3.8) is 0 Å². The van der Waals surface area contributed by atoms with E-state index in [0.717, 1.165) is 23.9 Å². The molecule has 0 radical (unpaired) electrons. The number of aliphatic imine (C=N–C) groups is 1. The minimum atomic E-state index is -0.309. The molecule has 2 saturated carbocycles. The minimum absolute atomic E-state index is 0.309. The Morgan fingerprint density at radius 2 is 2.22 bits per heavy atom. The lowest BCUT2D eigenvalue weighted by Gasteiger charge is -2.08. The van der Waals surface area contributed by atoms with Crippen LogP contribution in [0.15, 0.2) is 23.2 Å². The Labute approximate surface area is 109 Å². The Morgan fingerprint density at radius 3 is 2.89 bits per heavy atom. The van der Waals surface area contributed by atoms with Gasteiger partial charge in [0.2, 0.25) is 6.08 Å². The molecule has 3 nitrogen and oxygen atoms in total. The summed E-state index contributed by atoms with van der Waals surface area (Å²) in [7, 11) is 0. The summed E-state index contributed by atoms with van der Waals surface area (Å²) < 4.78 is 1.22. The van der Waals surface area contributed by atoms with Crippen molar-refractivity contribution < 1.29 is 4.79 Å². The molecule has 2 aromatic rings. The average molecular weight is 256 g/mol. The maximum atomic E-state index is 10.6. The first kappa shape index (κ1) is 10.4. The van der Waals surface area contributed by atoms with E-state index in [0.29, 0.717) is 5.92 Å². The Balaban J connectivity index is 1.92. The largest absolute Gasteiger partial charge is 0.241 e. The molecule has 0 N–H and O–H groups in total. The Kier molecular flexibility index (Phi) is 2.02. The lowest BCUT2D eigenvalue weighted by atomic mass is 10.0. The molecule has 2 aliphatic rings. The molecule has 1 heterocycles. The summed E-state index contributed by atoms with van der Waals surface area (Å²) in [5.41, 5.74) is 1.86. The molecule has 1 aromatic heterocycles. The second-order valence-corrected chi connectivity index (χ2v) is 6.28. The second kappa shape index (κ2) is 3.50. The molecule has 0 atom stereocenters. The van der Waals surface area contributed by atoms with Crippen LogP contribution in [0, 0.1) is 0 Å². The molecule has 90 valence electrons. The number of fused-ring (bicyclic) bond motifs is 1. The van der Waals surface area contributed by atoms with Gasteiger partial charge in [-0.3, -0.25) is 0 Å². The van der Waals surface area contributed by atoms with Crippen molar-refractivity contribution in [2.24, 2.45) is 4.99 Å². The van der Waals surface area contributed by atoms with E-state index >= 15 is 0 Å². The molecule has 0 saturated heterocycles. The Hall–Kier alpha value is -1.51. The summed E-state index contributed by atoms with van der Waals surface area (Å²) in [6.45, 7) is 0. The highest BCUT2D eigenvalue weighted by atomic mass is 32.1. The van der Waals surface area contributed by atoms with Crippen LogP contribution in [0.1, 0.15) is 42.2 Å². The number of nitrogens with zero attached hydrogens (tertiary/aromatic N) is 2. The molecule has 0 bridgehead atoms. The fourth-order valence-electron chi connectivity index (χ4n) is 2.49. The van der Waals surface area contributed by atoms with Gasteiger partial charge < -0.3 is 0 Å². The molecular weight excluding hydrogens is 244 g/mol. The molecule has 4 heteroatoms. The molecule has 2 fully saturated rings. The van der Waals surface area contributed by atoms with E-state index in [1.54, 1.807) is 17.4 Å². The molecule has 0 unspecified atom stereocenters. The van der Waals surface area contributed by atoms with Crippen LogP contribution in [0.5, 0.6) is 0 Å². The highest BCUT2D eigenvalue weighted by molar-refractivity contribution is 7.18. The van der Waals surface area contributed by atoms with E-state index in [2.05, 4.69) is 17.1 Å². The molecule has 18 heavy (non-hydrogen) atoms. The number of hydrogen-bond donors (Lipinski definition) is 0. The van der Waals surface area contributed by atoms with Crippen molar-refractivity contribution >= 4 is 27.6 Å². The number of hydrogen-bond acceptors (Lipinski definition) is 4. The summed E-state index contributed by atoms with van der Waals surface area (Å²) in [5.74, 6) is 0.681. The molecular formula is C14H12N2OS. The fourth-order valence-corrected chi connectivity index (χ4v) is 3.66. The van der Waals surface area contributed by atoms with Crippen molar-refractivity contribution in [2.75, 3.05) is 0 Å². The van der Waals surface area contributed by atoms with Gasteiger partial charge in [0, 0.05) is 11.5 Å². The lowest BCUT2D eigenvalue weighted by molar-refractivity contribution is 0.556. The molecule has 2 aliphatic carbocycles. The van der Waals surface area contributed by atoms with Crippen LogP contribution in [0.4, 0.5) is 0 Å². The maximum Gasteiger partial charge on any atom is 0.235 e. The predicted molar refractivity (Wildman–Crippen MR) is 70.6 cm³/mol. The van der Waals surface area contributed by atoms with Crippen molar-refractivity contribution in [3.05, 3.63) is 28.8 Å². The van der Waals surface area contributed by atoms with E-state index in [4.69, 9.17) is 4.98 Å². The van der Waals surface area contributed by atoms with E-state index in [1.807, 2.05) is 6.07 Å². The lowest BCUT2D eigenvalue weighted by Crippen LogP contribution is -2.03. The summed E-state index contributed by atoms with van der Waals surface area (Å²) >= 11 is 1.79. The third-order valence-corrected chi connectivity index (χ3v) is 5.03. The van der Waals surface area contributed by atoms with Gasteiger partial charge in [-0.2, -0.15) is 4.99 Å². The zero-order valence-corrected chi connectivity index (χ0v) is 10.7. The van der Waals surface area contributed by atoms with Gasteiger partial charge in [-0.15, -0.1) is 11.3 Å². The first-order valence-corrected chi connectivity index (χ1v) is 7.13. The van der Waals surface area contributed by atoms with Gasteiger partial charge in [0.1, 0.15) is 5.54 Å². The van der Waals surface area contributed by atoms with Crippen LogP contribution in [0.3, 0.4) is 0 Å². The average Bonchev–Trinajstić information content (AvgIpc) is 3.28. The number of thiazole rings is 1. The van der Waals surface area contributed by atoms with E-state index < -0.39 is 0 Å². The first-order valence-electron chi connectivity index (χ1n) is 6.31. The summed E-state index contributed by atoms with van der Waals surface area (Å²) in [6, 6.07) is 6.22. The number of carbonyl (C=O) groups excluding carboxylic acids is 1. The van der Waals surface area contributed by atoms with Crippen LogP contribution in [0.2, 0.25) is 0 Å². The van der Waals surface area contributed by atoms with Crippen LogP contribution in [0.25, 0.3) is 10.2 Å². The zero-order chi connectivity index (χ0) is 12.2. The minimum Gasteiger partial charge on any atom is -0.241 e. The van der Waals surface area contributed by atoms with Crippen LogP contribution >= 0.6 is 11.3 Å². The predicted octanol–water partition coefficient (Wildman–Crippen LogP) is 3.50. The van der Waals surface area contributed by atoms with Gasteiger partial charge in [0.25, 0.3) is 0 Å². The molecule has 4 rings (SSSR count).